The summed E-state index contributed by atoms with van der Waals surface area (Å²) in [6, 6.07) is 8.67. The Morgan fingerprint density at radius 1 is 1.17 bits per heavy atom. The van der Waals surface area contributed by atoms with E-state index in [0.29, 0.717) is 17.2 Å². The molecule has 120 valence electrons. The van der Waals surface area contributed by atoms with Crippen LogP contribution >= 0.6 is 0 Å². The van der Waals surface area contributed by atoms with E-state index >= 15 is 0 Å². The maximum absolute atomic E-state index is 11.6. The number of benzene rings is 1. The van der Waals surface area contributed by atoms with Crippen molar-refractivity contribution in [3.05, 3.63) is 48.4 Å². The van der Waals surface area contributed by atoms with Crippen molar-refractivity contribution in [2.45, 2.75) is 11.4 Å². The molecule has 7 heteroatoms. The summed E-state index contributed by atoms with van der Waals surface area (Å²) in [6.45, 7) is 0.704. The van der Waals surface area contributed by atoms with Gasteiger partial charge < -0.3 is 4.90 Å². The van der Waals surface area contributed by atoms with E-state index in [-0.39, 0.29) is 0 Å². The fourth-order valence-electron chi connectivity index (χ4n) is 2.48. The van der Waals surface area contributed by atoms with Crippen molar-refractivity contribution in [3.8, 4) is 11.3 Å². The smallest absolute Gasteiger partial charge is 0.234 e. The topological polar surface area (TPSA) is 67.6 Å². The Kier molecular flexibility index (Phi) is 3.91. The molecule has 23 heavy (non-hydrogen) atoms. The number of nitrogens with zero attached hydrogens (tertiary/aromatic N) is 4. The van der Waals surface area contributed by atoms with Crippen molar-refractivity contribution in [2.24, 2.45) is 0 Å². The molecule has 0 aliphatic carbocycles. The largest absolute Gasteiger partial charge is 0.304 e. The average molecular weight is 330 g/mol. The summed E-state index contributed by atoms with van der Waals surface area (Å²) in [5.74, 6) is 0.631. The van der Waals surface area contributed by atoms with Gasteiger partial charge in [-0.05, 0) is 32.3 Å². The van der Waals surface area contributed by atoms with Crippen LogP contribution < -0.4 is 0 Å². The summed E-state index contributed by atoms with van der Waals surface area (Å²) in [5, 5.41) is 0. The second-order valence-corrected chi connectivity index (χ2v) is 7.75. The van der Waals surface area contributed by atoms with Gasteiger partial charge in [0.1, 0.15) is 0 Å². The summed E-state index contributed by atoms with van der Waals surface area (Å²) in [4.78, 5) is 11.3. The third-order valence-electron chi connectivity index (χ3n) is 3.52. The van der Waals surface area contributed by atoms with Crippen molar-refractivity contribution >= 4 is 15.6 Å². The van der Waals surface area contributed by atoms with Crippen LogP contribution in [0, 0.1) is 0 Å². The first-order valence-corrected chi connectivity index (χ1v) is 9.02. The predicted molar refractivity (Wildman–Crippen MR) is 88.9 cm³/mol. The van der Waals surface area contributed by atoms with Crippen molar-refractivity contribution in [3.63, 3.8) is 0 Å². The van der Waals surface area contributed by atoms with E-state index < -0.39 is 9.84 Å². The van der Waals surface area contributed by atoms with Crippen LogP contribution in [0.1, 0.15) is 5.69 Å². The summed E-state index contributed by atoms with van der Waals surface area (Å²) in [7, 11) is 0.783. The highest BCUT2D eigenvalue weighted by Gasteiger charge is 2.16. The molecule has 0 aliphatic heterocycles. The minimum atomic E-state index is -3.20. The molecule has 0 radical (unpaired) electrons. The standard InChI is InChI=1S/C16H18N4O2S/c1-19(2)11-14-15(18-16-17-9-4-10-20(14)16)12-5-7-13(8-6-12)23(3,21)22/h4-10H,11H2,1-3H3. The Morgan fingerprint density at radius 3 is 2.48 bits per heavy atom. The molecule has 0 N–H and O–H groups in total. The van der Waals surface area contributed by atoms with E-state index in [1.165, 1.54) is 6.26 Å². The van der Waals surface area contributed by atoms with Crippen molar-refractivity contribution in [1.29, 1.82) is 0 Å². The molecule has 0 amide bonds. The van der Waals surface area contributed by atoms with Gasteiger partial charge in [0, 0.05) is 30.8 Å². The molecule has 6 nitrogen and oxygen atoms in total. The molecule has 0 aliphatic rings. The summed E-state index contributed by atoms with van der Waals surface area (Å²) < 4.78 is 25.2. The van der Waals surface area contributed by atoms with E-state index in [0.717, 1.165) is 17.0 Å². The Balaban J connectivity index is 2.15. The zero-order chi connectivity index (χ0) is 16.6. The fourth-order valence-corrected chi connectivity index (χ4v) is 3.11. The van der Waals surface area contributed by atoms with Gasteiger partial charge in [0.15, 0.2) is 9.84 Å². The summed E-state index contributed by atoms with van der Waals surface area (Å²) >= 11 is 0. The zero-order valence-corrected chi connectivity index (χ0v) is 14.1. The highest BCUT2D eigenvalue weighted by Crippen LogP contribution is 2.25. The Morgan fingerprint density at radius 2 is 1.87 bits per heavy atom. The van der Waals surface area contributed by atoms with Crippen molar-refractivity contribution in [1.82, 2.24) is 19.3 Å². The lowest BCUT2D eigenvalue weighted by atomic mass is 10.1. The molecule has 0 bridgehead atoms. The highest BCUT2D eigenvalue weighted by molar-refractivity contribution is 7.90. The summed E-state index contributed by atoms with van der Waals surface area (Å²) in [5.41, 5.74) is 2.71. The van der Waals surface area contributed by atoms with E-state index in [1.54, 1.807) is 30.5 Å². The van der Waals surface area contributed by atoms with Gasteiger partial charge in [-0.15, -0.1) is 0 Å². The second kappa shape index (κ2) is 5.75. The minimum Gasteiger partial charge on any atom is -0.304 e. The van der Waals surface area contributed by atoms with Gasteiger partial charge in [0.25, 0.3) is 0 Å². The number of fused-ring (bicyclic) bond motifs is 1. The molecule has 0 unspecified atom stereocenters. The monoisotopic (exact) mass is 330 g/mol. The zero-order valence-electron chi connectivity index (χ0n) is 13.3. The lowest BCUT2D eigenvalue weighted by molar-refractivity contribution is 0.396. The molecular weight excluding hydrogens is 312 g/mol. The molecule has 0 saturated heterocycles. The number of aromatic nitrogens is 3. The van der Waals surface area contributed by atoms with Crippen LogP contribution in [0.2, 0.25) is 0 Å². The lowest BCUT2D eigenvalue weighted by Crippen LogP contribution is -2.13. The molecule has 0 spiro atoms. The molecule has 0 saturated carbocycles. The Labute approximate surface area is 135 Å². The minimum absolute atomic E-state index is 0.303. The quantitative estimate of drug-likeness (QED) is 0.730. The first kappa shape index (κ1) is 15.6. The molecule has 0 atom stereocenters. The molecule has 0 fully saturated rings. The van der Waals surface area contributed by atoms with Crippen LogP contribution in [0.5, 0.6) is 0 Å². The van der Waals surface area contributed by atoms with Gasteiger partial charge in [-0.2, -0.15) is 0 Å². The van der Waals surface area contributed by atoms with E-state index in [9.17, 15) is 8.42 Å². The number of rotatable bonds is 4. The van der Waals surface area contributed by atoms with Gasteiger partial charge in [-0.1, -0.05) is 12.1 Å². The maximum Gasteiger partial charge on any atom is 0.234 e. The highest BCUT2D eigenvalue weighted by atomic mass is 32.2. The maximum atomic E-state index is 11.6. The van der Waals surface area contributed by atoms with E-state index in [2.05, 4.69) is 14.9 Å². The number of hydrogen-bond donors (Lipinski definition) is 0. The molecular formula is C16H18N4O2S. The van der Waals surface area contributed by atoms with Crippen LogP contribution in [0.3, 0.4) is 0 Å². The third kappa shape index (κ3) is 3.11. The van der Waals surface area contributed by atoms with Gasteiger partial charge in [0.05, 0.1) is 16.3 Å². The lowest BCUT2D eigenvalue weighted by Gasteiger charge is -2.11. The van der Waals surface area contributed by atoms with Crippen LogP contribution in [-0.4, -0.2) is 48.0 Å². The van der Waals surface area contributed by atoms with Crippen LogP contribution in [0.25, 0.3) is 17.0 Å². The predicted octanol–water partition coefficient (Wildman–Crippen LogP) is 1.86. The number of sulfone groups is 1. The van der Waals surface area contributed by atoms with E-state index in [4.69, 9.17) is 0 Å². The van der Waals surface area contributed by atoms with Gasteiger partial charge in [-0.25, -0.2) is 18.4 Å². The normalized spacial score (nSPS) is 12.2. The van der Waals surface area contributed by atoms with Crippen LogP contribution in [0.15, 0.2) is 47.6 Å². The number of hydrogen-bond acceptors (Lipinski definition) is 5. The SMILES string of the molecule is CN(C)Cc1c(-c2ccc(S(C)(=O)=O)cc2)nc2ncccn12. The average Bonchev–Trinajstić information content (AvgIpc) is 2.85. The first-order valence-electron chi connectivity index (χ1n) is 7.13. The van der Waals surface area contributed by atoms with Crippen molar-refractivity contribution < 1.29 is 8.42 Å². The molecule has 3 rings (SSSR count). The van der Waals surface area contributed by atoms with Gasteiger partial charge in [0.2, 0.25) is 5.78 Å². The summed E-state index contributed by atoms with van der Waals surface area (Å²) in [6.07, 6.45) is 4.84. The van der Waals surface area contributed by atoms with Gasteiger partial charge >= 0.3 is 0 Å². The van der Waals surface area contributed by atoms with Gasteiger partial charge in [-0.3, -0.25) is 4.40 Å². The van der Waals surface area contributed by atoms with Crippen LogP contribution in [-0.2, 0) is 16.4 Å². The Bertz CT molecular complexity index is 944. The Hall–Kier alpha value is -2.25. The number of imidazole rings is 1. The molecule has 2 aromatic heterocycles. The van der Waals surface area contributed by atoms with Crippen molar-refractivity contribution in [2.75, 3.05) is 20.4 Å². The molecule has 3 aromatic rings. The van der Waals surface area contributed by atoms with E-state index in [1.807, 2.05) is 30.8 Å². The van der Waals surface area contributed by atoms with Crippen LogP contribution in [0.4, 0.5) is 0 Å². The second-order valence-electron chi connectivity index (χ2n) is 5.73. The fraction of sp³-hybridized carbons (Fsp3) is 0.250. The molecule has 1 aromatic carbocycles. The first-order chi connectivity index (χ1) is 10.9. The third-order valence-corrected chi connectivity index (χ3v) is 4.65. The molecule has 2 heterocycles.